The Morgan fingerprint density at radius 3 is 2.93 bits per heavy atom. The summed E-state index contributed by atoms with van der Waals surface area (Å²) in [7, 11) is -3.62. The second-order valence-corrected chi connectivity index (χ2v) is 12.6. The van der Waals surface area contributed by atoms with Crippen LogP contribution in [0.3, 0.4) is 0 Å². The number of ether oxygens (including phenoxy) is 1. The minimum atomic E-state index is -3.62. The maximum absolute atomic E-state index is 12.7. The molecule has 4 aromatic rings. The second kappa shape index (κ2) is 11.6. The molecule has 0 radical (unpaired) electrons. The second-order valence-electron chi connectivity index (χ2n) is 10.7. The molecule has 14 heteroatoms. The fraction of sp³-hybridized carbons (Fsp3) is 0.519. The third-order valence-corrected chi connectivity index (χ3v) is 9.09. The van der Waals surface area contributed by atoms with Gasteiger partial charge in [-0.15, -0.1) is 9.19 Å². The summed E-state index contributed by atoms with van der Waals surface area (Å²) >= 11 is 0. The molecule has 6 rings (SSSR count). The first-order valence-electron chi connectivity index (χ1n) is 14.2. The fourth-order valence-electron chi connectivity index (χ4n) is 5.19. The maximum atomic E-state index is 12.7. The van der Waals surface area contributed by atoms with Crippen LogP contribution in [0.4, 0.5) is 11.6 Å². The summed E-state index contributed by atoms with van der Waals surface area (Å²) in [4.78, 5) is 11.4. The monoisotopic (exact) mass is 581 g/mol. The Kier molecular flexibility index (Phi) is 7.75. The molecule has 0 spiro atoms. The first-order valence-corrected chi connectivity index (χ1v) is 15.8. The van der Waals surface area contributed by atoms with Crippen molar-refractivity contribution in [3.63, 3.8) is 0 Å². The SMILES string of the molecule is CCc1cnn2c(NCc3ccc[n+]([O-])c3)cc(N3CCCCC3COCCS(=O)(=O)n3cnc(C4CC4)n3)nc12. The number of fused-ring (bicyclic) bond motifs is 1. The molecule has 0 aromatic carbocycles. The van der Waals surface area contributed by atoms with E-state index in [9.17, 15) is 13.6 Å². The van der Waals surface area contributed by atoms with Crippen molar-refractivity contribution < 1.29 is 17.9 Å². The molecule has 2 aliphatic rings. The van der Waals surface area contributed by atoms with E-state index in [1.165, 1.54) is 12.5 Å². The molecule has 4 aromatic heterocycles. The normalized spacial score (nSPS) is 17.8. The van der Waals surface area contributed by atoms with Crippen LogP contribution in [0, 0.1) is 5.21 Å². The van der Waals surface area contributed by atoms with Crippen LogP contribution in [0.1, 0.15) is 61.9 Å². The van der Waals surface area contributed by atoms with Gasteiger partial charge in [-0.1, -0.05) is 6.92 Å². The molecule has 1 saturated heterocycles. The lowest BCUT2D eigenvalue weighted by Crippen LogP contribution is -2.43. The van der Waals surface area contributed by atoms with E-state index >= 15 is 0 Å². The molecule has 1 aliphatic carbocycles. The van der Waals surface area contributed by atoms with Crippen molar-refractivity contribution in [3.8, 4) is 0 Å². The van der Waals surface area contributed by atoms with Gasteiger partial charge in [0.1, 0.15) is 18.0 Å². The average Bonchev–Trinajstić information content (AvgIpc) is 3.53. The zero-order valence-electron chi connectivity index (χ0n) is 23.1. The molecule has 1 N–H and O–H groups in total. The van der Waals surface area contributed by atoms with Crippen molar-refractivity contribution in [3.05, 3.63) is 65.3 Å². The minimum Gasteiger partial charge on any atom is -0.619 e. The number of hydrogen-bond acceptors (Lipinski definition) is 10. The third kappa shape index (κ3) is 6.12. The number of aromatic nitrogens is 7. The Hall–Kier alpha value is -3.78. The molecule has 1 saturated carbocycles. The Labute approximate surface area is 238 Å². The zero-order valence-corrected chi connectivity index (χ0v) is 23.9. The summed E-state index contributed by atoms with van der Waals surface area (Å²) in [5.74, 6) is 2.33. The van der Waals surface area contributed by atoms with Gasteiger partial charge in [-0.05, 0) is 44.6 Å². The standard InChI is InChI=1S/C27H35N9O4S/c1-2-21-16-30-36-24(28-15-20-6-5-10-33(37)17-20)14-25(31-27(21)36)34-11-4-3-7-23(34)18-40-12-13-41(38,39)35-19-29-26(32-35)22-8-9-22/h5-6,10,14,16-17,19,22-23,28H,2-4,7-9,11-13,15,18H2,1H3. The van der Waals surface area contributed by atoms with Gasteiger partial charge in [0, 0.05) is 42.3 Å². The molecule has 0 bridgehead atoms. The van der Waals surface area contributed by atoms with E-state index in [0.717, 1.165) is 82.3 Å². The van der Waals surface area contributed by atoms with Gasteiger partial charge in [0.25, 0.3) is 10.0 Å². The highest BCUT2D eigenvalue weighted by molar-refractivity contribution is 7.89. The van der Waals surface area contributed by atoms with Crippen LogP contribution in [0.5, 0.6) is 0 Å². The van der Waals surface area contributed by atoms with Gasteiger partial charge >= 0.3 is 0 Å². The Balaban J connectivity index is 1.15. The topological polar surface area (TPSA) is 146 Å². The largest absolute Gasteiger partial charge is 0.619 e. The van der Waals surface area contributed by atoms with Crippen molar-refractivity contribution in [2.75, 3.05) is 35.7 Å². The van der Waals surface area contributed by atoms with Crippen molar-refractivity contribution in [1.82, 2.24) is 28.8 Å². The molecule has 0 amide bonds. The predicted molar refractivity (Wildman–Crippen MR) is 152 cm³/mol. The maximum Gasteiger partial charge on any atom is 0.257 e. The third-order valence-electron chi connectivity index (χ3n) is 7.66. The van der Waals surface area contributed by atoms with Gasteiger partial charge in [-0.2, -0.15) is 14.3 Å². The van der Waals surface area contributed by atoms with Gasteiger partial charge in [-0.25, -0.2) is 18.4 Å². The summed E-state index contributed by atoms with van der Waals surface area (Å²) < 4.78 is 35.0. The summed E-state index contributed by atoms with van der Waals surface area (Å²) in [6, 6.07) is 5.66. The van der Waals surface area contributed by atoms with E-state index in [2.05, 4.69) is 32.3 Å². The van der Waals surface area contributed by atoms with Crippen LogP contribution in [0.15, 0.2) is 43.1 Å². The highest BCUT2D eigenvalue weighted by Crippen LogP contribution is 2.37. The number of rotatable bonds is 12. The summed E-state index contributed by atoms with van der Waals surface area (Å²) in [5.41, 5.74) is 2.68. The zero-order chi connectivity index (χ0) is 28.4. The van der Waals surface area contributed by atoms with Crippen LogP contribution in [0.25, 0.3) is 5.65 Å². The van der Waals surface area contributed by atoms with E-state index in [1.807, 2.05) is 18.3 Å². The molecule has 41 heavy (non-hydrogen) atoms. The number of nitrogens with zero attached hydrogens (tertiary/aromatic N) is 8. The van der Waals surface area contributed by atoms with Crippen molar-refractivity contribution >= 4 is 27.3 Å². The van der Waals surface area contributed by atoms with Crippen molar-refractivity contribution in [2.24, 2.45) is 0 Å². The van der Waals surface area contributed by atoms with E-state index in [4.69, 9.17) is 9.72 Å². The lowest BCUT2D eigenvalue weighted by Gasteiger charge is -2.36. The number of aryl methyl sites for hydroxylation is 1. The molecular weight excluding hydrogens is 546 g/mol. The minimum absolute atomic E-state index is 0.0589. The Morgan fingerprint density at radius 2 is 2.12 bits per heavy atom. The molecule has 1 atom stereocenters. The van der Waals surface area contributed by atoms with Gasteiger partial charge < -0.3 is 20.2 Å². The smallest absolute Gasteiger partial charge is 0.257 e. The Bertz CT molecular complexity index is 1620. The highest BCUT2D eigenvalue weighted by Gasteiger charge is 2.29. The summed E-state index contributed by atoms with van der Waals surface area (Å²) in [6.07, 6.45) is 12.0. The van der Waals surface area contributed by atoms with Crippen LogP contribution in [-0.2, 0) is 27.7 Å². The summed E-state index contributed by atoms with van der Waals surface area (Å²) in [6.45, 7) is 3.82. The quantitative estimate of drug-likeness (QED) is 0.150. The highest BCUT2D eigenvalue weighted by atomic mass is 32.2. The number of anilines is 2. The average molecular weight is 582 g/mol. The van der Waals surface area contributed by atoms with E-state index in [1.54, 1.807) is 16.8 Å². The number of nitrogens with one attached hydrogen (secondary N) is 1. The lowest BCUT2D eigenvalue weighted by atomic mass is 10.0. The molecule has 1 aliphatic heterocycles. The van der Waals surface area contributed by atoms with E-state index < -0.39 is 10.0 Å². The first-order chi connectivity index (χ1) is 19.9. The molecule has 1 unspecified atom stereocenters. The molecular formula is C27H35N9O4S. The number of hydrogen-bond donors (Lipinski definition) is 1. The van der Waals surface area contributed by atoms with Crippen molar-refractivity contribution in [2.45, 2.75) is 64.0 Å². The molecule has 218 valence electrons. The van der Waals surface area contributed by atoms with Crippen LogP contribution in [-0.4, -0.2) is 68.7 Å². The van der Waals surface area contributed by atoms with Crippen LogP contribution < -0.4 is 14.9 Å². The summed E-state index contributed by atoms with van der Waals surface area (Å²) in [5, 5.41) is 23.9. The van der Waals surface area contributed by atoms with Crippen molar-refractivity contribution in [1.29, 1.82) is 0 Å². The molecule has 13 nitrogen and oxygen atoms in total. The lowest BCUT2D eigenvalue weighted by molar-refractivity contribution is -0.605. The Morgan fingerprint density at radius 1 is 1.24 bits per heavy atom. The van der Waals surface area contributed by atoms with Gasteiger partial charge in [0.15, 0.2) is 23.9 Å². The van der Waals surface area contributed by atoms with Crippen LogP contribution >= 0.6 is 0 Å². The fourth-order valence-corrected chi connectivity index (χ4v) is 6.11. The van der Waals surface area contributed by atoms with E-state index in [-0.39, 0.29) is 18.4 Å². The van der Waals surface area contributed by atoms with Gasteiger partial charge in [-0.3, -0.25) is 0 Å². The number of pyridine rings is 1. The predicted octanol–water partition coefficient (Wildman–Crippen LogP) is 2.26. The van der Waals surface area contributed by atoms with Crippen LogP contribution in [0.2, 0.25) is 0 Å². The van der Waals surface area contributed by atoms with Gasteiger partial charge in [0.2, 0.25) is 0 Å². The number of piperidine rings is 1. The van der Waals surface area contributed by atoms with E-state index in [0.29, 0.717) is 24.9 Å². The first kappa shape index (κ1) is 27.4. The molecule has 2 fully saturated rings. The molecule has 5 heterocycles. The van der Waals surface area contributed by atoms with Gasteiger partial charge in [0.05, 0.1) is 31.2 Å².